The highest BCUT2D eigenvalue weighted by atomic mass is 35.5. The molecule has 15 heavy (non-hydrogen) atoms. The minimum Gasteiger partial charge on any atom is -0.399 e. The van der Waals surface area contributed by atoms with Gasteiger partial charge in [0, 0.05) is 31.8 Å². The first kappa shape index (κ1) is 11.6. The molecule has 1 aromatic heterocycles. The fourth-order valence-corrected chi connectivity index (χ4v) is 1.25. The van der Waals surface area contributed by atoms with E-state index < -0.39 is 0 Å². The van der Waals surface area contributed by atoms with Crippen molar-refractivity contribution in [2.45, 2.75) is 6.92 Å². The molecule has 4 N–H and O–H groups in total. The minimum atomic E-state index is -0.0598. The standard InChI is InChI=1S/C9H13ClN4O/c1-6(15)12-2-3-13-9-5-7(11)4-8(10)14-9/h4-5H,2-3H2,1H3,(H,12,15)(H3,11,13,14). The van der Waals surface area contributed by atoms with Crippen LogP contribution in [0.2, 0.25) is 5.15 Å². The molecule has 0 saturated heterocycles. The lowest BCUT2D eigenvalue weighted by atomic mass is 10.4. The number of amides is 1. The van der Waals surface area contributed by atoms with E-state index in [2.05, 4.69) is 15.6 Å². The fourth-order valence-electron chi connectivity index (χ4n) is 1.04. The van der Waals surface area contributed by atoms with E-state index in [-0.39, 0.29) is 5.91 Å². The Morgan fingerprint density at radius 1 is 1.53 bits per heavy atom. The van der Waals surface area contributed by atoms with E-state index in [1.807, 2.05) is 0 Å². The smallest absolute Gasteiger partial charge is 0.216 e. The van der Waals surface area contributed by atoms with E-state index in [0.29, 0.717) is 29.7 Å². The van der Waals surface area contributed by atoms with E-state index in [1.165, 1.54) is 6.92 Å². The van der Waals surface area contributed by atoms with Crippen molar-refractivity contribution in [1.82, 2.24) is 10.3 Å². The first-order valence-electron chi connectivity index (χ1n) is 4.49. The molecular formula is C9H13ClN4O. The number of carbonyl (C=O) groups is 1. The number of hydrogen-bond donors (Lipinski definition) is 3. The van der Waals surface area contributed by atoms with Gasteiger partial charge in [0.25, 0.3) is 0 Å². The lowest BCUT2D eigenvalue weighted by molar-refractivity contribution is -0.118. The summed E-state index contributed by atoms with van der Waals surface area (Å²) in [5.74, 6) is 0.542. The molecule has 0 aromatic carbocycles. The zero-order valence-corrected chi connectivity index (χ0v) is 9.14. The number of nitrogens with zero attached hydrogens (tertiary/aromatic N) is 1. The summed E-state index contributed by atoms with van der Waals surface area (Å²) in [4.78, 5) is 14.6. The average molecular weight is 229 g/mol. The van der Waals surface area contributed by atoms with Gasteiger partial charge in [-0.15, -0.1) is 0 Å². The number of aromatic nitrogens is 1. The molecule has 0 aliphatic rings. The van der Waals surface area contributed by atoms with E-state index in [0.717, 1.165) is 0 Å². The maximum absolute atomic E-state index is 10.6. The van der Waals surface area contributed by atoms with Crippen molar-refractivity contribution in [2.75, 3.05) is 24.1 Å². The Bertz CT molecular complexity index is 336. The average Bonchev–Trinajstić information content (AvgIpc) is 2.10. The van der Waals surface area contributed by atoms with Gasteiger partial charge in [-0.05, 0) is 6.07 Å². The first-order chi connectivity index (χ1) is 7.08. The predicted molar refractivity (Wildman–Crippen MR) is 60.8 cm³/mol. The van der Waals surface area contributed by atoms with Crippen molar-refractivity contribution >= 4 is 29.0 Å². The van der Waals surface area contributed by atoms with Gasteiger partial charge in [0.05, 0.1) is 0 Å². The van der Waals surface area contributed by atoms with Crippen LogP contribution in [0.3, 0.4) is 0 Å². The number of anilines is 2. The number of rotatable bonds is 4. The molecule has 0 aliphatic heterocycles. The molecular weight excluding hydrogens is 216 g/mol. The van der Waals surface area contributed by atoms with E-state index in [9.17, 15) is 4.79 Å². The molecule has 0 unspecified atom stereocenters. The number of pyridine rings is 1. The van der Waals surface area contributed by atoms with Crippen molar-refractivity contribution in [1.29, 1.82) is 0 Å². The Kier molecular flexibility index (Phi) is 4.17. The van der Waals surface area contributed by atoms with Crippen LogP contribution in [0.5, 0.6) is 0 Å². The molecule has 0 spiro atoms. The van der Waals surface area contributed by atoms with Crippen LogP contribution in [-0.4, -0.2) is 24.0 Å². The van der Waals surface area contributed by atoms with Gasteiger partial charge in [-0.2, -0.15) is 0 Å². The predicted octanol–water partition coefficient (Wildman–Crippen LogP) is 0.865. The highest BCUT2D eigenvalue weighted by molar-refractivity contribution is 6.29. The van der Waals surface area contributed by atoms with Crippen molar-refractivity contribution in [3.63, 3.8) is 0 Å². The third-order valence-corrected chi connectivity index (χ3v) is 1.82. The fraction of sp³-hybridized carbons (Fsp3) is 0.333. The summed E-state index contributed by atoms with van der Waals surface area (Å²) in [7, 11) is 0. The van der Waals surface area contributed by atoms with Crippen LogP contribution in [0.15, 0.2) is 12.1 Å². The number of nitrogen functional groups attached to an aromatic ring is 1. The third kappa shape index (κ3) is 4.51. The third-order valence-electron chi connectivity index (χ3n) is 1.62. The summed E-state index contributed by atoms with van der Waals surface area (Å²) >= 11 is 5.71. The van der Waals surface area contributed by atoms with Crippen LogP contribution < -0.4 is 16.4 Å². The topological polar surface area (TPSA) is 80.0 Å². The van der Waals surface area contributed by atoms with Gasteiger partial charge in [-0.25, -0.2) is 4.98 Å². The van der Waals surface area contributed by atoms with Crippen LogP contribution in [0.4, 0.5) is 11.5 Å². The summed E-state index contributed by atoms with van der Waals surface area (Å²) in [5, 5.41) is 5.99. The molecule has 1 heterocycles. The lowest BCUT2D eigenvalue weighted by Crippen LogP contribution is -2.26. The van der Waals surface area contributed by atoms with Gasteiger partial charge in [0.2, 0.25) is 5.91 Å². The van der Waals surface area contributed by atoms with Gasteiger partial charge in [0.15, 0.2) is 0 Å². The van der Waals surface area contributed by atoms with Gasteiger partial charge in [0.1, 0.15) is 11.0 Å². The van der Waals surface area contributed by atoms with Crippen LogP contribution in [0.1, 0.15) is 6.92 Å². The molecule has 1 amide bonds. The second-order valence-corrected chi connectivity index (χ2v) is 3.41. The first-order valence-corrected chi connectivity index (χ1v) is 4.87. The zero-order chi connectivity index (χ0) is 11.3. The number of nitrogens with two attached hydrogens (primary N) is 1. The Labute approximate surface area is 93.0 Å². The zero-order valence-electron chi connectivity index (χ0n) is 8.38. The Hall–Kier alpha value is -1.49. The van der Waals surface area contributed by atoms with Crippen LogP contribution in [0.25, 0.3) is 0 Å². The molecule has 0 aliphatic carbocycles. The van der Waals surface area contributed by atoms with E-state index in [4.69, 9.17) is 17.3 Å². The molecule has 1 aromatic rings. The molecule has 0 bridgehead atoms. The minimum absolute atomic E-state index is 0.0598. The van der Waals surface area contributed by atoms with Gasteiger partial charge in [-0.3, -0.25) is 4.79 Å². The van der Waals surface area contributed by atoms with Crippen LogP contribution in [-0.2, 0) is 4.79 Å². The summed E-state index contributed by atoms with van der Waals surface area (Å²) in [6.07, 6.45) is 0. The second kappa shape index (κ2) is 5.41. The second-order valence-electron chi connectivity index (χ2n) is 3.02. The van der Waals surface area contributed by atoms with E-state index in [1.54, 1.807) is 12.1 Å². The highest BCUT2D eigenvalue weighted by Crippen LogP contribution is 2.15. The maximum atomic E-state index is 10.6. The summed E-state index contributed by atoms with van der Waals surface area (Å²) in [6.45, 7) is 2.57. The van der Waals surface area contributed by atoms with E-state index >= 15 is 0 Å². The monoisotopic (exact) mass is 228 g/mol. The van der Waals surface area contributed by atoms with Crippen LogP contribution in [0, 0.1) is 0 Å². The molecule has 0 saturated carbocycles. The quantitative estimate of drug-likeness (QED) is 0.528. The van der Waals surface area contributed by atoms with Crippen molar-refractivity contribution < 1.29 is 4.79 Å². The summed E-state index contributed by atoms with van der Waals surface area (Å²) in [6, 6.07) is 3.25. The Morgan fingerprint density at radius 3 is 2.87 bits per heavy atom. The number of nitrogens with one attached hydrogen (secondary N) is 2. The highest BCUT2D eigenvalue weighted by Gasteiger charge is 1.98. The van der Waals surface area contributed by atoms with Gasteiger partial charge < -0.3 is 16.4 Å². The number of carbonyl (C=O) groups excluding carboxylic acids is 1. The molecule has 0 fully saturated rings. The van der Waals surface area contributed by atoms with Crippen molar-refractivity contribution in [3.8, 4) is 0 Å². The molecule has 0 atom stereocenters. The number of halogens is 1. The molecule has 1 rings (SSSR count). The normalized spacial score (nSPS) is 9.73. The molecule has 5 nitrogen and oxygen atoms in total. The Balaban J connectivity index is 2.40. The van der Waals surface area contributed by atoms with Gasteiger partial charge >= 0.3 is 0 Å². The van der Waals surface area contributed by atoms with Crippen molar-refractivity contribution in [3.05, 3.63) is 17.3 Å². The summed E-state index contributed by atoms with van der Waals surface area (Å²) < 4.78 is 0. The maximum Gasteiger partial charge on any atom is 0.216 e. The number of hydrogen-bond acceptors (Lipinski definition) is 4. The largest absolute Gasteiger partial charge is 0.399 e. The molecule has 6 heteroatoms. The Morgan fingerprint density at radius 2 is 2.27 bits per heavy atom. The van der Waals surface area contributed by atoms with Crippen molar-refractivity contribution in [2.24, 2.45) is 0 Å². The molecule has 82 valence electrons. The SMILES string of the molecule is CC(=O)NCCNc1cc(N)cc(Cl)n1. The molecule has 0 radical (unpaired) electrons. The van der Waals surface area contributed by atoms with Gasteiger partial charge in [-0.1, -0.05) is 11.6 Å². The lowest BCUT2D eigenvalue weighted by Gasteiger charge is -2.06. The summed E-state index contributed by atoms with van der Waals surface area (Å²) in [5.41, 5.74) is 6.13. The van der Waals surface area contributed by atoms with Crippen LogP contribution >= 0.6 is 11.6 Å².